The van der Waals surface area contributed by atoms with E-state index < -0.39 is 40.5 Å². The molecule has 0 aliphatic heterocycles. The first-order valence-corrected chi connectivity index (χ1v) is 9.34. The molecule has 1 fully saturated rings. The number of aromatic nitrogens is 1. The molecule has 1 amide bonds. The Balaban J connectivity index is 0.00000338. The molecule has 4 N–H and O–H groups in total. The zero-order valence-electron chi connectivity index (χ0n) is 14.5. The van der Waals surface area contributed by atoms with E-state index in [4.69, 9.17) is 10.3 Å². The molecule has 0 aromatic carbocycles. The summed E-state index contributed by atoms with van der Waals surface area (Å²) in [5.41, 5.74) is 3.64. The summed E-state index contributed by atoms with van der Waals surface area (Å²) in [6.45, 7) is 1.05. The van der Waals surface area contributed by atoms with Crippen LogP contribution in [0.5, 0.6) is 0 Å². The van der Waals surface area contributed by atoms with Gasteiger partial charge in [-0.1, -0.05) is 18.0 Å². The Kier molecular flexibility index (Phi) is 7.13. The highest BCUT2D eigenvalue weighted by Crippen LogP contribution is 2.32. The first-order valence-electron chi connectivity index (χ1n) is 7.86. The van der Waals surface area contributed by atoms with E-state index in [2.05, 4.69) is 15.2 Å². The van der Waals surface area contributed by atoms with Gasteiger partial charge in [-0.3, -0.25) is 4.79 Å². The predicted octanol–water partition coefficient (Wildman–Crippen LogP) is 1.01. The van der Waals surface area contributed by atoms with Gasteiger partial charge in [0, 0.05) is 0 Å². The largest absolute Gasteiger partial charge is 0.360 e. The molecule has 0 unspecified atom stereocenters. The monoisotopic (exact) mass is 416 g/mol. The van der Waals surface area contributed by atoms with Crippen molar-refractivity contribution in [3.8, 4) is 0 Å². The number of hydrogen-bond donors (Lipinski definition) is 3. The molecule has 1 aliphatic rings. The Hall–Kier alpha value is -1.30. The van der Waals surface area contributed by atoms with Crippen molar-refractivity contribution < 1.29 is 26.5 Å². The minimum absolute atomic E-state index is 0. The second-order valence-electron chi connectivity index (χ2n) is 6.29. The summed E-state index contributed by atoms with van der Waals surface area (Å²) in [5.74, 6) is -3.95. The number of carbonyl (C=O) groups is 1. The number of aryl methyl sites for hydroxylation is 2. The molecule has 1 aromatic rings. The molecule has 2 rings (SSSR count). The van der Waals surface area contributed by atoms with Gasteiger partial charge in [0.15, 0.2) is 5.76 Å². The van der Waals surface area contributed by atoms with Crippen LogP contribution >= 0.6 is 12.4 Å². The number of carbonyl (C=O) groups excluding carboxylic acids is 1. The summed E-state index contributed by atoms with van der Waals surface area (Å²) in [6, 6.07) is 0. The molecule has 26 heavy (non-hydrogen) atoms. The summed E-state index contributed by atoms with van der Waals surface area (Å²) in [7, 11) is -4.10. The number of hydrogen-bond acceptors (Lipinski definition) is 6. The van der Waals surface area contributed by atoms with Crippen molar-refractivity contribution in [3.63, 3.8) is 0 Å². The van der Waals surface area contributed by atoms with Crippen LogP contribution in [0, 0.1) is 13.8 Å². The van der Waals surface area contributed by atoms with E-state index in [0.29, 0.717) is 12.8 Å². The van der Waals surface area contributed by atoms with E-state index in [-0.39, 0.29) is 41.6 Å². The van der Waals surface area contributed by atoms with Crippen molar-refractivity contribution >= 4 is 28.3 Å². The summed E-state index contributed by atoms with van der Waals surface area (Å²) in [4.78, 5) is 12.4. The normalized spacial score (nSPS) is 17.0. The second kappa shape index (κ2) is 8.15. The fourth-order valence-electron chi connectivity index (χ4n) is 2.97. The molecule has 1 aromatic heterocycles. The number of nitrogens with two attached hydrogens (primary N) is 1. The summed E-state index contributed by atoms with van der Waals surface area (Å²) >= 11 is 0. The third kappa shape index (κ3) is 4.70. The van der Waals surface area contributed by atoms with E-state index in [1.54, 1.807) is 0 Å². The number of halogens is 3. The maximum Gasteiger partial charge on any atom is 0.277 e. The van der Waals surface area contributed by atoms with Gasteiger partial charge in [-0.05, 0) is 26.7 Å². The standard InChI is InChI=1S/C14H22F2N4O4S.ClH/c1-9-11(10(2)24-19-9)25(22,23)20-13(5-3-4-6-13)12(21)18-8-14(15,16)7-17;/h20H,3-8,17H2,1-2H3,(H,18,21);1H. The van der Waals surface area contributed by atoms with E-state index >= 15 is 0 Å². The topological polar surface area (TPSA) is 127 Å². The molecule has 0 saturated heterocycles. The van der Waals surface area contributed by atoms with Gasteiger partial charge in [0.2, 0.25) is 15.9 Å². The quantitative estimate of drug-likeness (QED) is 0.608. The van der Waals surface area contributed by atoms with Crippen molar-refractivity contribution in [1.82, 2.24) is 15.2 Å². The van der Waals surface area contributed by atoms with E-state index in [1.165, 1.54) is 13.8 Å². The van der Waals surface area contributed by atoms with E-state index in [0.717, 1.165) is 0 Å². The maximum absolute atomic E-state index is 13.3. The fourth-order valence-corrected chi connectivity index (χ4v) is 4.73. The molecule has 0 atom stereocenters. The molecule has 12 heteroatoms. The van der Waals surface area contributed by atoms with Crippen LogP contribution in [0.2, 0.25) is 0 Å². The maximum atomic E-state index is 13.3. The molecule has 1 saturated carbocycles. The van der Waals surface area contributed by atoms with Gasteiger partial charge in [-0.15, -0.1) is 12.4 Å². The van der Waals surface area contributed by atoms with Gasteiger partial charge < -0.3 is 15.6 Å². The Morgan fingerprint density at radius 3 is 2.38 bits per heavy atom. The molecule has 0 bridgehead atoms. The van der Waals surface area contributed by atoms with Gasteiger partial charge in [-0.25, -0.2) is 17.2 Å². The SMILES string of the molecule is Cc1noc(C)c1S(=O)(=O)NC1(C(=O)NCC(F)(F)CN)CCCC1.Cl. The second-order valence-corrected chi connectivity index (χ2v) is 7.91. The highest BCUT2D eigenvalue weighted by atomic mass is 35.5. The van der Waals surface area contributed by atoms with Gasteiger partial charge in [0.1, 0.15) is 16.1 Å². The molecule has 1 heterocycles. The molecule has 1 aliphatic carbocycles. The van der Waals surface area contributed by atoms with Crippen molar-refractivity contribution in [3.05, 3.63) is 11.5 Å². The van der Waals surface area contributed by atoms with Crippen molar-refractivity contribution in [2.24, 2.45) is 5.73 Å². The Morgan fingerprint density at radius 1 is 1.35 bits per heavy atom. The fraction of sp³-hybridized carbons (Fsp3) is 0.714. The molecular formula is C14H23ClF2N4O4S. The minimum Gasteiger partial charge on any atom is -0.360 e. The van der Waals surface area contributed by atoms with Crippen LogP contribution in [0.4, 0.5) is 8.78 Å². The highest BCUT2D eigenvalue weighted by Gasteiger charge is 2.46. The van der Waals surface area contributed by atoms with Crippen molar-refractivity contribution in [2.75, 3.05) is 13.1 Å². The van der Waals surface area contributed by atoms with Crippen LogP contribution in [0.25, 0.3) is 0 Å². The lowest BCUT2D eigenvalue weighted by molar-refractivity contribution is -0.128. The molecule has 150 valence electrons. The molecule has 8 nitrogen and oxygen atoms in total. The number of amides is 1. The lowest BCUT2D eigenvalue weighted by Gasteiger charge is -2.29. The Labute approximate surface area is 156 Å². The van der Waals surface area contributed by atoms with Crippen LogP contribution in [-0.2, 0) is 14.8 Å². The Bertz CT molecular complexity index is 729. The van der Waals surface area contributed by atoms with E-state index in [9.17, 15) is 22.0 Å². The number of alkyl halides is 2. The third-order valence-corrected chi connectivity index (χ3v) is 6.04. The van der Waals surface area contributed by atoms with Crippen molar-refractivity contribution in [1.29, 1.82) is 0 Å². The molecule has 0 radical (unpaired) electrons. The van der Waals surface area contributed by atoms with Crippen LogP contribution < -0.4 is 15.8 Å². The van der Waals surface area contributed by atoms with Crippen LogP contribution in [0.15, 0.2) is 9.42 Å². The zero-order valence-corrected chi connectivity index (χ0v) is 16.1. The predicted molar refractivity (Wildman–Crippen MR) is 91.8 cm³/mol. The third-order valence-electron chi connectivity index (χ3n) is 4.26. The number of nitrogens with zero attached hydrogens (tertiary/aromatic N) is 1. The molecule has 0 spiro atoms. The van der Waals surface area contributed by atoms with Gasteiger partial charge >= 0.3 is 0 Å². The summed E-state index contributed by atoms with van der Waals surface area (Å²) in [6.07, 6.45) is 1.64. The first-order chi connectivity index (χ1) is 11.5. The zero-order chi connectivity index (χ0) is 18.9. The van der Waals surface area contributed by atoms with E-state index in [1.807, 2.05) is 0 Å². The number of rotatable bonds is 7. The van der Waals surface area contributed by atoms with Crippen LogP contribution in [-0.4, -0.2) is 44.0 Å². The van der Waals surface area contributed by atoms with Gasteiger partial charge in [0.05, 0.1) is 13.1 Å². The van der Waals surface area contributed by atoms with Gasteiger partial charge in [0.25, 0.3) is 5.92 Å². The lowest BCUT2D eigenvalue weighted by Crippen LogP contribution is -2.58. The van der Waals surface area contributed by atoms with Crippen LogP contribution in [0.1, 0.15) is 37.1 Å². The first kappa shape index (κ1) is 22.7. The average Bonchev–Trinajstić information content (AvgIpc) is 3.12. The smallest absolute Gasteiger partial charge is 0.277 e. The average molecular weight is 417 g/mol. The summed E-state index contributed by atoms with van der Waals surface area (Å²) < 4.78 is 59.2. The Morgan fingerprint density at radius 2 is 1.92 bits per heavy atom. The van der Waals surface area contributed by atoms with Crippen molar-refractivity contribution in [2.45, 2.75) is 55.9 Å². The molecular weight excluding hydrogens is 394 g/mol. The lowest BCUT2D eigenvalue weighted by atomic mass is 9.98. The van der Waals surface area contributed by atoms with Gasteiger partial charge in [-0.2, -0.15) is 4.72 Å². The van der Waals surface area contributed by atoms with Crippen LogP contribution in [0.3, 0.4) is 0 Å². The minimum atomic E-state index is -4.10. The summed E-state index contributed by atoms with van der Waals surface area (Å²) in [5, 5.41) is 5.72. The number of sulfonamides is 1. The number of nitrogens with one attached hydrogen (secondary N) is 2. The highest BCUT2D eigenvalue weighted by molar-refractivity contribution is 7.89.